The fourth-order valence-corrected chi connectivity index (χ4v) is 3.47. The molecule has 1 atom stereocenters. The zero-order chi connectivity index (χ0) is 18.8. The Labute approximate surface area is 157 Å². The third-order valence-electron chi connectivity index (χ3n) is 4.88. The number of fused-ring (bicyclic) bond motifs is 1. The molecule has 1 aromatic carbocycles. The molecular weight excluding hydrogens is 344 g/mol. The number of rotatable bonds is 4. The number of aromatic nitrogens is 4. The van der Waals surface area contributed by atoms with Gasteiger partial charge in [-0.25, -0.2) is 0 Å². The molecule has 8 nitrogen and oxygen atoms in total. The lowest BCUT2D eigenvalue weighted by atomic mass is 10.1. The number of carbonyl (C=O) groups excluding carboxylic acids is 1. The van der Waals surface area contributed by atoms with Crippen molar-refractivity contribution in [2.75, 3.05) is 31.1 Å². The summed E-state index contributed by atoms with van der Waals surface area (Å²) in [6.45, 7) is 6.45. The first-order chi connectivity index (χ1) is 13.1. The van der Waals surface area contributed by atoms with Crippen LogP contribution in [-0.2, 0) is 4.79 Å². The maximum absolute atomic E-state index is 12.6. The van der Waals surface area contributed by atoms with Crippen molar-refractivity contribution >= 4 is 17.2 Å². The van der Waals surface area contributed by atoms with Crippen LogP contribution < -0.4 is 9.64 Å². The highest BCUT2D eigenvalue weighted by molar-refractivity contribution is 5.78. The molecule has 1 aliphatic rings. The van der Waals surface area contributed by atoms with Crippen molar-refractivity contribution in [1.82, 2.24) is 24.7 Å². The van der Waals surface area contributed by atoms with E-state index in [-0.39, 0.29) is 18.6 Å². The molecule has 0 N–H and O–H groups in total. The summed E-state index contributed by atoms with van der Waals surface area (Å²) >= 11 is 0. The number of amides is 1. The van der Waals surface area contributed by atoms with E-state index in [1.165, 1.54) is 22.1 Å². The Morgan fingerprint density at radius 1 is 1.22 bits per heavy atom. The van der Waals surface area contributed by atoms with E-state index in [1.807, 2.05) is 11.0 Å². The van der Waals surface area contributed by atoms with Crippen LogP contribution in [0.2, 0.25) is 0 Å². The molecule has 0 radical (unpaired) electrons. The summed E-state index contributed by atoms with van der Waals surface area (Å²) < 4.78 is 7.10. The highest BCUT2D eigenvalue weighted by Crippen LogP contribution is 2.23. The van der Waals surface area contributed by atoms with Crippen molar-refractivity contribution in [2.24, 2.45) is 0 Å². The molecule has 0 aliphatic carbocycles. The summed E-state index contributed by atoms with van der Waals surface area (Å²) in [6, 6.07) is 11.9. The van der Waals surface area contributed by atoms with Gasteiger partial charge in [0.15, 0.2) is 12.3 Å². The van der Waals surface area contributed by atoms with Gasteiger partial charge in [0.1, 0.15) is 6.33 Å². The molecule has 1 fully saturated rings. The number of nitrogens with zero attached hydrogens (tertiary/aromatic N) is 6. The number of hydrogen-bond donors (Lipinski definition) is 0. The lowest BCUT2D eigenvalue weighted by Crippen LogP contribution is -2.55. The van der Waals surface area contributed by atoms with E-state index in [2.05, 4.69) is 52.2 Å². The number of anilines is 1. The van der Waals surface area contributed by atoms with Gasteiger partial charge in [-0.3, -0.25) is 4.79 Å². The van der Waals surface area contributed by atoms with Crippen molar-refractivity contribution < 1.29 is 9.53 Å². The average molecular weight is 366 g/mol. The Kier molecular flexibility index (Phi) is 4.62. The molecule has 1 aliphatic heterocycles. The standard InChI is InChI=1S/C19H22N6O2/c1-14-5-3-4-6-16(14)23-9-10-24(15(2)11-23)19(26)12-27-18-8-7-17-21-20-13-25(17)22-18/h3-8,13,15H,9-12H2,1-2H3/t15-/m1/s1. The summed E-state index contributed by atoms with van der Waals surface area (Å²) in [6.07, 6.45) is 1.50. The molecule has 140 valence electrons. The molecule has 3 aromatic rings. The molecule has 8 heteroatoms. The minimum atomic E-state index is -0.0324. The van der Waals surface area contributed by atoms with Crippen LogP contribution in [-0.4, -0.2) is 62.9 Å². The highest BCUT2D eigenvalue weighted by Gasteiger charge is 2.28. The first-order valence-electron chi connectivity index (χ1n) is 9.02. The zero-order valence-electron chi connectivity index (χ0n) is 15.4. The van der Waals surface area contributed by atoms with Gasteiger partial charge in [-0.05, 0) is 31.5 Å². The third-order valence-corrected chi connectivity index (χ3v) is 4.88. The monoisotopic (exact) mass is 366 g/mol. The Balaban J connectivity index is 1.36. The number of ether oxygens (including phenoxy) is 1. The maximum atomic E-state index is 12.6. The first kappa shape index (κ1) is 17.3. The molecule has 4 rings (SSSR count). The van der Waals surface area contributed by atoms with Crippen LogP contribution >= 0.6 is 0 Å². The third kappa shape index (κ3) is 3.55. The highest BCUT2D eigenvalue weighted by atomic mass is 16.5. The van der Waals surface area contributed by atoms with Gasteiger partial charge in [-0.1, -0.05) is 18.2 Å². The Hall–Kier alpha value is -3.16. The number of piperazine rings is 1. The van der Waals surface area contributed by atoms with Crippen molar-refractivity contribution in [3.05, 3.63) is 48.3 Å². The van der Waals surface area contributed by atoms with Crippen LogP contribution in [0.25, 0.3) is 5.65 Å². The van der Waals surface area contributed by atoms with Gasteiger partial charge in [-0.15, -0.1) is 15.3 Å². The largest absolute Gasteiger partial charge is 0.467 e. The predicted molar refractivity (Wildman–Crippen MR) is 101 cm³/mol. The second-order valence-corrected chi connectivity index (χ2v) is 6.76. The number of aryl methyl sites for hydroxylation is 1. The lowest BCUT2D eigenvalue weighted by molar-refractivity contribution is -0.135. The number of hydrogen-bond acceptors (Lipinski definition) is 6. The predicted octanol–water partition coefficient (Wildman–Crippen LogP) is 1.55. The van der Waals surface area contributed by atoms with Gasteiger partial charge in [-0.2, -0.15) is 4.52 Å². The van der Waals surface area contributed by atoms with Crippen molar-refractivity contribution in [3.63, 3.8) is 0 Å². The minimum absolute atomic E-state index is 0.0300. The Morgan fingerprint density at radius 2 is 2.07 bits per heavy atom. The van der Waals surface area contributed by atoms with Crippen molar-refractivity contribution in [2.45, 2.75) is 19.9 Å². The van der Waals surface area contributed by atoms with E-state index in [0.717, 1.165) is 13.1 Å². The summed E-state index contributed by atoms with van der Waals surface area (Å²) in [7, 11) is 0. The SMILES string of the molecule is Cc1ccccc1N1CCN(C(=O)COc2ccc3nncn3n2)[C@H](C)C1. The van der Waals surface area contributed by atoms with Gasteiger partial charge in [0.25, 0.3) is 5.91 Å². The number of carbonyl (C=O) groups is 1. The normalized spacial score (nSPS) is 17.3. The molecule has 0 unspecified atom stereocenters. The molecule has 1 saturated heterocycles. The number of benzene rings is 1. The topological polar surface area (TPSA) is 75.9 Å². The van der Waals surface area contributed by atoms with Crippen LogP contribution in [0.4, 0.5) is 5.69 Å². The number of para-hydroxylation sites is 1. The van der Waals surface area contributed by atoms with E-state index in [1.54, 1.807) is 12.1 Å². The second kappa shape index (κ2) is 7.22. The molecule has 0 spiro atoms. The fraction of sp³-hybridized carbons (Fsp3) is 0.368. The van der Waals surface area contributed by atoms with Crippen LogP contribution in [0.3, 0.4) is 0 Å². The van der Waals surface area contributed by atoms with Crippen LogP contribution in [0.5, 0.6) is 5.88 Å². The van der Waals surface area contributed by atoms with E-state index in [9.17, 15) is 4.79 Å². The van der Waals surface area contributed by atoms with Crippen molar-refractivity contribution in [3.8, 4) is 5.88 Å². The van der Waals surface area contributed by atoms with E-state index in [4.69, 9.17) is 4.74 Å². The summed E-state index contributed by atoms with van der Waals surface area (Å²) in [5, 5.41) is 11.9. The quantitative estimate of drug-likeness (QED) is 0.697. The molecule has 1 amide bonds. The summed E-state index contributed by atoms with van der Waals surface area (Å²) in [5.74, 6) is 0.347. The summed E-state index contributed by atoms with van der Waals surface area (Å²) in [5.41, 5.74) is 3.12. The van der Waals surface area contributed by atoms with Gasteiger partial charge < -0.3 is 14.5 Å². The zero-order valence-corrected chi connectivity index (χ0v) is 15.4. The Morgan fingerprint density at radius 3 is 2.89 bits per heavy atom. The molecule has 2 aromatic heterocycles. The smallest absolute Gasteiger partial charge is 0.260 e. The molecule has 27 heavy (non-hydrogen) atoms. The van der Waals surface area contributed by atoms with Gasteiger partial charge in [0.2, 0.25) is 5.88 Å². The van der Waals surface area contributed by atoms with E-state index >= 15 is 0 Å². The average Bonchev–Trinajstić information content (AvgIpc) is 3.14. The first-order valence-corrected chi connectivity index (χ1v) is 9.02. The van der Waals surface area contributed by atoms with Crippen molar-refractivity contribution in [1.29, 1.82) is 0 Å². The lowest BCUT2D eigenvalue weighted by Gasteiger charge is -2.41. The molecular formula is C19H22N6O2. The Bertz CT molecular complexity index is 956. The molecule has 0 bridgehead atoms. The summed E-state index contributed by atoms with van der Waals surface area (Å²) in [4.78, 5) is 16.8. The van der Waals surface area contributed by atoms with E-state index in [0.29, 0.717) is 18.1 Å². The van der Waals surface area contributed by atoms with Gasteiger partial charge in [0.05, 0.1) is 0 Å². The molecule has 3 heterocycles. The maximum Gasteiger partial charge on any atom is 0.260 e. The van der Waals surface area contributed by atoms with Gasteiger partial charge in [0, 0.05) is 37.4 Å². The van der Waals surface area contributed by atoms with Crippen LogP contribution in [0.1, 0.15) is 12.5 Å². The van der Waals surface area contributed by atoms with Crippen LogP contribution in [0.15, 0.2) is 42.7 Å². The van der Waals surface area contributed by atoms with E-state index < -0.39 is 0 Å². The second-order valence-electron chi connectivity index (χ2n) is 6.76. The fourth-order valence-electron chi connectivity index (χ4n) is 3.47. The molecule has 0 saturated carbocycles. The van der Waals surface area contributed by atoms with Gasteiger partial charge >= 0.3 is 0 Å². The minimum Gasteiger partial charge on any atom is -0.467 e. The van der Waals surface area contributed by atoms with Crippen LogP contribution in [0, 0.1) is 6.92 Å².